The molecule has 0 spiro atoms. The lowest BCUT2D eigenvalue weighted by molar-refractivity contribution is -0.141. The third kappa shape index (κ3) is 10.1. The third-order valence-electron chi connectivity index (χ3n) is 5.61. The molecule has 11 nitrogen and oxygen atoms in total. The van der Waals surface area contributed by atoms with Crippen LogP contribution >= 0.6 is 19.6 Å². The number of nitrogens with one attached hydrogen (secondary N) is 1. The van der Waals surface area contributed by atoms with Gasteiger partial charge in [-0.3, -0.25) is 28.5 Å². The molecule has 1 fully saturated rings. The van der Waals surface area contributed by atoms with Gasteiger partial charge in [-0.25, -0.2) is 13.9 Å². The van der Waals surface area contributed by atoms with Gasteiger partial charge in [-0.1, -0.05) is 46.4 Å². The van der Waals surface area contributed by atoms with Crippen molar-refractivity contribution in [1.29, 1.82) is 0 Å². The quantitative estimate of drug-likeness (QED) is 0.154. The van der Waals surface area contributed by atoms with E-state index in [1.165, 1.54) is 18.7 Å². The number of esters is 1. The number of H-pyrrole nitrogens is 1. The van der Waals surface area contributed by atoms with E-state index in [2.05, 4.69) is 10.2 Å². The molecule has 1 aliphatic heterocycles. The first-order chi connectivity index (χ1) is 17.1. The molecular weight excluding hydrogens is 523 g/mol. The SMILES string of the molecule is CC(=O)SCCCC(=O)CCCC(=O)[C@@H]1O[P@](=O)(OCOC(=O)c2cc(C(C)(C)C)[nH]n2)OCC1(C)C. The first-order valence-corrected chi connectivity index (χ1v) is 14.6. The molecule has 1 aromatic rings. The van der Waals surface area contributed by atoms with Crippen molar-refractivity contribution in [2.24, 2.45) is 5.41 Å². The van der Waals surface area contributed by atoms with Crippen molar-refractivity contribution >= 4 is 42.2 Å². The Morgan fingerprint density at radius 1 is 1.19 bits per heavy atom. The molecule has 2 rings (SSSR count). The summed E-state index contributed by atoms with van der Waals surface area (Å²) in [5, 5.41) is 6.71. The van der Waals surface area contributed by atoms with Crippen LogP contribution in [0.15, 0.2) is 6.07 Å². The van der Waals surface area contributed by atoms with E-state index in [-0.39, 0.29) is 47.2 Å². The molecule has 0 aliphatic carbocycles. The largest absolute Gasteiger partial charge is 0.478 e. The Balaban J connectivity index is 1.82. The molecule has 2 atom stereocenters. The second-order valence-corrected chi connectivity index (χ2v) is 13.5. The summed E-state index contributed by atoms with van der Waals surface area (Å²) in [6, 6.07) is 1.56. The zero-order valence-corrected chi connectivity index (χ0v) is 24.0. The number of nitrogens with zero attached hydrogens (tertiary/aromatic N) is 1. The van der Waals surface area contributed by atoms with Gasteiger partial charge in [0.1, 0.15) is 11.9 Å². The monoisotopic (exact) mass is 560 g/mol. The van der Waals surface area contributed by atoms with Gasteiger partial charge in [-0.2, -0.15) is 5.10 Å². The summed E-state index contributed by atoms with van der Waals surface area (Å²) in [7, 11) is -4.17. The maximum absolute atomic E-state index is 13.0. The number of ketones is 2. The predicted molar refractivity (Wildman–Crippen MR) is 137 cm³/mol. The highest BCUT2D eigenvalue weighted by molar-refractivity contribution is 8.13. The van der Waals surface area contributed by atoms with Crippen molar-refractivity contribution < 1.29 is 42.1 Å². The van der Waals surface area contributed by atoms with Crippen LogP contribution in [0.5, 0.6) is 0 Å². The van der Waals surface area contributed by atoms with Crippen LogP contribution in [0.4, 0.5) is 0 Å². The van der Waals surface area contributed by atoms with E-state index >= 15 is 0 Å². The summed E-state index contributed by atoms with van der Waals surface area (Å²) in [4.78, 5) is 48.1. The fourth-order valence-electron chi connectivity index (χ4n) is 3.42. The number of rotatable bonds is 13. The first kappa shape index (κ1) is 31.4. The Morgan fingerprint density at radius 2 is 1.86 bits per heavy atom. The summed E-state index contributed by atoms with van der Waals surface area (Å²) in [6.45, 7) is 10.0. The van der Waals surface area contributed by atoms with Crippen molar-refractivity contribution in [3.05, 3.63) is 17.5 Å². The second kappa shape index (κ2) is 13.3. The normalized spacial score (nSPS) is 21.4. The van der Waals surface area contributed by atoms with Gasteiger partial charge in [0.15, 0.2) is 16.6 Å². The number of aromatic amines is 1. The fourth-order valence-corrected chi connectivity index (χ4v) is 5.52. The molecule has 0 radical (unpaired) electrons. The number of carbonyl (C=O) groups is 4. The number of phosphoric acid groups is 1. The van der Waals surface area contributed by atoms with Gasteiger partial charge in [-0.15, -0.1) is 0 Å². The van der Waals surface area contributed by atoms with Crippen molar-refractivity contribution in [3.63, 3.8) is 0 Å². The van der Waals surface area contributed by atoms with Gasteiger partial charge >= 0.3 is 13.8 Å². The average molecular weight is 561 g/mol. The smallest absolute Gasteiger partial charge is 0.433 e. The minimum absolute atomic E-state index is 0.0175. The molecule has 1 N–H and O–H groups in total. The van der Waals surface area contributed by atoms with E-state index in [1.807, 2.05) is 20.8 Å². The van der Waals surface area contributed by atoms with E-state index in [4.69, 9.17) is 18.3 Å². The number of thioether (sulfide) groups is 1. The number of carbonyl (C=O) groups excluding carboxylic acids is 4. The number of ether oxygens (including phenoxy) is 1. The molecule has 0 unspecified atom stereocenters. The van der Waals surface area contributed by atoms with Crippen LogP contribution in [0.2, 0.25) is 0 Å². The van der Waals surface area contributed by atoms with E-state index in [9.17, 15) is 23.7 Å². The summed E-state index contributed by atoms with van der Waals surface area (Å²) in [5.74, 6) is -0.492. The maximum Gasteiger partial charge on any atom is 0.478 e. The predicted octanol–water partition coefficient (Wildman–Crippen LogP) is 4.76. The molecule has 13 heteroatoms. The molecule has 1 aliphatic rings. The Hall–Kier alpha value is -1.85. The van der Waals surface area contributed by atoms with Crippen LogP contribution in [0.3, 0.4) is 0 Å². The topological polar surface area (TPSA) is 151 Å². The van der Waals surface area contributed by atoms with Crippen LogP contribution < -0.4 is 0 Å². The van der Waals surface area contributed by atoms with Crippen LogP contribution in [0.1, 0.15) is 89.8 Å². The van der Waals surface area contributed by atoms with E-state index in [1.54, 1.807) is 19.9 Å². The highest BCUT2D eigenvalue weighted by Gasteiger charge is 2.48. The van der Waals surface area contributed by atoms with Crippen LogP contribution in [-0.2, 0) is 42.7 Å². The van der Waals surface area contributed by atoms with E-state index in [0.717, 1.165) is 5.69 Å². The minimum atomic E-state index is -4.17. The zero-order chi connectivity index (χ0) is 27.9. The number of hydrogen-bond donors (Lipinski definition) is 1. The molecule has 0 amide bonds. The van der Waals surface area contributed by atoms with Crippen molar-refractivity contribution in [2.75, 3.05) is 19.2 Å². The molecule has 1 aromatic heterocycles. The third-order valence-corrected chi connectivity index (χ3v) is 7.85. The molecule has 0 aromatic carbocycles. The van der Waals surface area contributed by atoms with Crippen LogP contribution in [0.25, 0.3) is 0 Å². The molecule has 37 heavy (non-hydrogen) atoms. The van der Waals surface area contributed by atoms with Crippen molar-refractivity contribution in [3.8, 4) is 0 Å². The van der Waals surface area contributed by atoms with Crippen molar-refractivity contribution in [1.82, 2.24) is 10.2 Å². The lowest BCUT2D eigenvalue weighted by Crippen LogP contribution is -2.44. The van der Waals surface area contributed by atoms with E-state index in [0.29, 0.717) is 25.0 Å². The Bertz CT molecular complexity index is 1030. The van der Waals surface area contributed by atoms with Gasteiger partial charge in [0.25, 0.3) is 0 Å². The van der Waals surface area contributed by atoms with Crippen LogP contribution in [-0.4, -0.2) is 58.1 Å². The minimum Gasteiger partial charge on any atom is -0.433 e. The van der Waals surface area contributed by atoms with Gasteiger partial charge in [0, 0.05) is 48.5 Å². The molecule has 1 saturated heterocycles. The molecule has 0 saturated carbocycles. The number of phosphoric ester groups is 1. The molecule has 208 valence electrons. The lowest BCUT2D eigenvalue weighted by atomic mass is 9.84. The van der Waals surface area contributed by atoms with Crippen LogP contribution in [0, 0.1) is 5.41 Å². The Labute approximate surface area is 221 Å². The summed E-state index contributed by atoms with van der Waals surface area (Å²) in [5.41, 5.74) is -0.242. The number of Topliss-reactive ketones (excluding diaryl/α,β-unsaturated/α-hetero) is 2. The second-order valence-electron chi connectivity index (χ2n) is 10.6. The van der Waals surface area contributed by atoms with Gasteiger partial charge in [0.05, 0.1) is 6.61 Å². The number of hydrogen-bond acceptors (Lipinski definition) is 11. The maximum atomic E-state index is 13.0. The highest BCUT2D eigenvalue weighted by atomic mass is 32.2. The average Bonchev–Trinajstić information content (AvgIpc) is 3.30. The standard InChI is InChI=1S/C24H37N2O9PS/c1-16(27)37-12-8-10-17(28)9-7-11-19(29)21-24(5,6)14-33-36(31,35-21)34-15-32-22(30)18-13-20(26-25-18)23(2,3)4/h13,21H,7-12,14-15H2,1-6H3,(H,25,26)/t21-,36-/m0/s1. The van der Waals surface area contributed by atoms with Gasteiger partial charge in [-0.05, 0) is 18.9 Å². The highest BCUT2D eigenvalue weighted by Crippen LogP contribution is 2.57. The number of aromatic nitrogens is 2. The van der Waals surface area contributed by atoms with Gasteiger partial charge < -0.3 is 4.74 Å². The summed E-state index contributed by atoms with van der Waals surface area (Å²) >= 11 is 1.18. The molecule has 2 heterocycles. The van der Waals surface area contributed by atoms with E-state index < -0.39 is 32.1 Å². The van der Waals surface area contributed by atoms with Gasteiger partial charge in [0.2, 0.25) is 6.79 Å². The fraction of sp³-hybridized carbons (Fsp3) is 0.708. The van der Waals surface area contributed by atoms with Crippen molar-refractivity contribution in [2.45, 2.75) is 85.2 Å². The first-order valence-electron chi connectivity index (χ1n) is 12.1. The molecule has 0 bridgehead atoms. The Morgan fingerprint density at radius 3 is 2.49 bits per heavy atom. The summed E-state index contributed by atoms with van der Waals surface area (Å²) in [6.07, 6.45) is 0.504. The Kier molecular flexibility index (Phi) is 11.3. The lowest BCUT2D eigenvalue weighted by Gasteiger charge is -2.39. The summed E-state index contributed by atoms with van der Waals surface area (Å²) < 4.78 is 33.8. The zero-order valence-electron chi connectivity index (χ0n) is 22.3. The molecular formula is C24H37N2O9PS.